The average Bonchev–Trinajstić information content (AvgIpc) is 2.63. The Balaban J connectivity index is 1.78. The Bertz CT molecular complexity index is 930. The number of ether oxygens (including phenoxy) is 1. The first-order valence-electron chi connectivity index (χ1n) is 8.51. The summed E-state index contributed by atoms with van der Waals surface area (Å²) in [4.78, 5) is 21.6. The number of carbonyl (C=O) groups excluding carboxylic acids is 1. The first-order chi connectivity index (χ1) is 12.6. The lowest BCUT2D eigenvalue weighted by atomic mass is 10.2. The third kappa shape index (κ3) is 4.14. The monoisotopic (exact) mass is 367 g/mol. The van der Waals surface area contributed by atoms with Gasteiger partial charge >= 0.3 is 0 Å². The summed E-state index contributed by atoms with van der Waals surface area (Å²) in [6.45, 7) is 6.19. The van der Waals surface area contributed by atoms with Gasteiger partial charge in [0.05, 0.1) is 23.1 Å². The maximum absolute atomic E-state index is 12.7. The summed E-state index contributed by atoms with van der Waals surface area (Å²) in [5, 5.41) is 4.40. The molecule has 1 aromatic heterocycles. The zero-order valence-electron chi connectivity index (χ0n) is 15.0. The van der Waals surface area contributed by atoms with Crippen molar-refractivity contribution in [3.8, 4) is 5.75 Å². The Morgan fingerprint density at radius 2 is 1.88 bits per heavy atom. The van der Waals surface area contributed by atoms with E-state index in [2.05, 4.69) is 15.3 Å². The van der Waals surface area contributed by atoms with E-state index in [9.17, 15) is 4.79 Å². The highest BCUT2D eigenvalue weighted by Gasteiger charge is 2.18. The Hall–Kier alpha value is -2.60. The Labute approximate surface area is 157 Å². The molecule has 0 bridgehead atoms. The summed E-state index contributed by atoms with van der Waals surface area (Å²) in [5.74, 6) is 1.27. The maximum atomic E-state index is 12.7. The smallest absolute Gasteiger partial charge is 0.237 e. The number of anilines is 1. The van der Waals surface area contributed by atoms with Crippen LogP contribution in [0.25, 0.3) is 10.9 Å². The number of nitrogens with one attached hydrogen (secondary N) is 1. The van der Waals surface area contributed by atoms with E-state index in [1.807, 2.05) is 69.3 Å². The van der Waals surface area contributed by atoms with Crippen LogP contribution in [0.15, 0.2) is 53.6 Å². The minimum Gasteiger partial charge on any atom is -0.492 e. The Kier molecular flexibility index (Phi) is 5.73. The van der Waals surface area contributed by atoms with Crippen LogP contribution in [0.5, 0.6) is 5.75 Å². The van der Waals surface area contributed by atoms with E-state index in [1.165, 1.54) is 11.8 Å². The van der Waals surface area contributed by atoms with Crippen LogP contribution >= 0.6 is 11.8 Å². The predicted molar refractivity (Wildman–Crippen MR) is 106 cm³/mol. The SMILES string of the molecule is CCOc1ccccc1NC(=O)C(C)Sc1nc(C)nc2ccccc12. The molecule has 3 rings (SSSR count). The minimum absolute atomic E-state index is 0.0949. The molecule has 0 aliphatic carbocycles. The van der Waals surface area contributed by atoms with Gasteiger partial charge in [-0.05, 0) is 39.0 Å². The van der Waals surface area contributed by atoms with Gasteiger partial charge in [0.1, 0.15) is 16.6 Å². The van der Waals surface area contributed by atoms with Crippen LogP contribution in [0.2, 0.25) is 0 Å². The molecule has 3 aromatic rings. The summed E-state index contributed by atoms with van der Waals surface area (Å²) in [6.07, 6.45) is 0. The average molecular weight is 367 g/mol. The second-order valence-corrected chi connectivity index (χ2v) is 7.10. The highest BCUT2D eigenvalue weighted by Crippen LogP contribution is 2.30. The number of para-hydroxylation sites is 3. The molecule has 1 unspecified atom stereocenters. The number of thioether (sulfide) groups is 1. The third-order valence-corrected chi connectivity index (χ3v) is 4.88. The lowest BCUT2D eigenvalue weighted by molar-refractivity contribution is -0.115. The summed E-state index contributed by atoms with van der Waals surface area (Å²) in [5.41, 5.74) is 1.56. The highest BCUT2D eigenvalue weighted by atomic mass is 32.2. The van der Waals surface area contributed by atoms with E-state index in [0.29, 0.717) is 23.9 Å². The standard InChI is InChI=1S/C20H21N3O2S/c1-4-25-18-12-8-7-11-17(18)23-19(24)13(2)26-20-15-9-5-6-10-16(15)21-14(3)22-20/h5-13H,4H2,1-3H3,(H,23,24). The van der Waals surface area contributed by atoms with Crippen LogP contribution in [0.3, 0.4) is 0 Å². The van der Waals surface area contributed by atoms with Gasteiger partial charge in [0.25, 0.3) is 0 Å². The molecule has 1 atom stereocenters. The van der Waals surface area contributed by atoms with Crippen molar-refractivity contribution >= 4 is 34.3 Å². The van der Waals surface area contributed by atoms with Crippen LogP contribution in [-0.2, 0) is 4.79 Å². The molecule has 0 radical (unpaired) electrons. The van der Waals surface area contributed by atoms with Gasteiger partial charge in [-0.1, -0.05) is 42.1 Å². The van der Waals surface area contributed by atoms with Gasteiger partial charge in [0, 0.05) is 5.39 Å². The number of hydrogen-bond acceptors (Lipinski definition) is 5. The lowest BCUT2D eigenvalue weighted by Crippen LogP contribution is -2.23. The van der Waals surface area contributed by atoms with E-state index in [-0.39, 0.29) is 11.2 Å². The number of fused-ring (bicyclic) bond motifs is 1. The molecule has 0 aliphatic heterocycles. The third-order valence-electron chi connectivity index (χ3n) is 3.78. The number of hydrogen-bond donors (Lipinski definition) is 1. The van der Waals surface area contributed by atoms with Crippen molar-refractivity contribution in [3.05, 3.63) is 54.4 Å². The quantitative estimate of drug-likeness (QED) is 0.515. The van der Waals surface area contributed by atoms with Crippen molar-refractivity contribution in [2.24, 2.45) is 0 Å². The molecular formula is C20H21N3O2S. The highest BCUT2D eigenvalue weighted by molar-refractivity contribution is 8.00. The van der Waals surface area contributed by atoms with Crippen LogP contribution in [0.1, 0.15) is 19.7 Å². The fourth-order valence-corrected chi connectivity index (χ4v) is 3.54. The van der Waals surface area contributed by atoms with E-state index in [4.69, 9.17) is 4.74 Å². The molecule has 0 fully saturated rings. The molecule has 0 spiro atoms. The van der Waals surface area contributed by atoms with Crippen molar-refractivity contribution in [2.75, 3.05) is 11.9 Å². The fourth-order valence-electron chi connectivity index (χ4n) is 2.55. The summed E-state index contributed by atoms with van der Waals surface area (Å²) in [6, 6.07) is 15.3. The number of carbonyl (C=O) groups is 1. The molecule has 1 N–H and O–H groups in total. The number of benzene rings is 2. The second kappa shape index (κ2) is 8.19. The summed E-state index contributed by atoms with van der Waals surface area (Å²) < 4.78 is 5.57. The van der Waals surface area contributed by atoms with Crippen molar-refractivity contribution < 1.29 is 9.53 Å². The van der Waals surface area contributed by atoms with Gasteiger partial charge < -0.3 is 10.1 Å². The van der Waals surface area contributed by atoms with Crippen molar-refractivity contribution in [2.45, 2.75) is 31.0 Å². The topological polar surface area (TPSA) is 64.1 Å². The molecule has 0 saturated heterocycles. The van der Waals surface area contributed by atoms with Crippen LogP contribution in [-0.4, -0.2) is 27.7 Å². The molecule has 6 heteroatoms. The lowest BCUT2D eigenvalue weighted by Gasteiger charge is -2.15. The minimum atomic E-state index is -0.317. The number of amides is 1. The van der Waals surface area contributed by atoms with Crippen LogP contribution in [0.4, 0.5) is 5.69 Å². The second-order valence-electron chi connectivity index (χ2n) is 5.77. The normalized spacial score (nSPS) is 12.0. The zero-order chi connectivity index (χ0) is 18.5. The first-order valence-corrected chi connectivity index (χ1v) is 9.39. The molecule has 0 saturated carbocycles. The molecule has 5 nitrogen and oxygen atoms in total. The number of rotatable bonds is 6. The largest absolute Gasteiger partial charge is 0.492 e. The maximum Gasteiger partial charge on any atom is 0.237 e. The van der Waals surface area contributed by atoms with Gasteiger partial charge in [-0.25, -0.2) is 9.97 Å². The van der Waals surface area contributed by atoms with Gasteiger partial charge in [-0.15, -0.1) is 0 Å². The molecule has 134 valence electrons. The molecule has 1 amide bonds. The Morgan fingerprint density at radius 1 is 1.15 bits per heavy atom. The van der Waals surface area contributed by atoms with Crippen molar-refractivity contribution in [3.63, 3.8) is 0 Å². The molecule has 1 heterocycles. The van der Waals surface area contributed by atoms with Gasteiger partial charge in [-0.2, -0.15) is 0 Å². The summed E-state index contributed by atoms with van der Waals surface area (Å²) >= 11 is 1.43. The van der Waals surface area contributed by atoms with Crippen LogP contribution < -0.4 is 10.1 Å². The van der Waals surface area contributed by atoms with E-state index >= 15 is 0 Å². The molecule has 0 aliphatic rings. The number of nitrogens with zero attached hydrogens (tertiary/aromatic N) is 2. The van der Waals surface area contributed by atoms with Gasteiger partial charge in [0.15, 0.2) is 0 Å². The van der Waals surface area contributed by atoms with E-state index in [0.717, 1.165) is 15.9 Å². The zero-order valence-corrected chi connectivity index (χ0v) is 15.8. The molecular weight excluding hydrogens is 346 g/mol. The van der Waals surface area contributed by atoms with Gasteiger partial charge in [0.2, 0.25) is 5.91 Å². The van der Waals surface area contributed by atoms with E-state index < -0.39 is 0 Å². The van der Waals surface area contributed by atoms with Gasteiger partial charge in [-0.3, -0.25) is 4.79 Å². The summed E-state index contributed by atoms with van der Waals surface area (Å²) in [7, 11) is 0. The van der Waals surface area contributed by atoms with Crippen molar-refractivity contribution in [1.82, 2.24) is 9.97 Å². The number of aryl methyl sites for hydroxylation is 1. The van der Waals surface area contributed by atoms with Crippen molar-refractivity contribution in [1.29, 1.82) is 0 Å². The Morgan fingerprint density at radius 3 is 2.69 bits per heavy atom. The first kappa shape index (κ1) is 18.2. The van der Waals surface area contributed by atoms with E-state index in [1.54, 1.807) is 0 Å². The predicted octanol–water partition coefficient (Wildman–Crippen LogP) is 4.46. The fraction of sp³-hybridized carbons (Fsp3) is 0.250. The molecule has 2 aromatic carbocycles. The molecule has 26 heavy (non-hydrogen) atoms. The van der Waals surface area contributed by atoms with Crippen LogP contribution in [0, 0.1) is 6.92 Å². The number of aromatic nitrogens is 2.